The van der Waals surface area contributed by atoms with Crippen LogP contribution in [0, 0.1) is 5.82 Å². The van der Waals surface area contributed by atoms with Gasteiger partial charge in [-0.25, -0.2) is 9.18 Å². The molecule has 2 rings (SSSR count). The fourth-order valence-corrected chi connectivity index (χ4v) is 1.94. The quantitative estimate of drug-likeness (QED) is 0.497. The Hall–Kier alpha value is -3.28. The first-order valence-electron chi connectivity index (χ1n) is 7.46. The van der Waals surface area contributed by atoms with E-state index in [-0.39, 0.29) is 11.3 Å². The van der Waals surface area contributed by atoms with Crippen molar-refractivity contribution in [2.24, 2.45) is 0 Å². The number of Topliss-reactive ketones (excluding diaryl/α,β-unsaturated/α-hetero) is 1. The standard InChI is InChI=1S/C19H16FNO4/c1-13(22)14-6-9-16(10-7-14)21-18(23)12-25-19(24)11-8-15-4-2-3-5-17(15)20/h2-11H,12H2,1H3,(H,21,23)/b11-8+. The SMILES string of the molecule is CC(=O)c1ccc(NC(=O)COC(=O)/C=C/c2ccccc2F)cc1. The molecule has 2 aromatic carbocycles. The first kappa shape index (κ1) is 18.1. The van der Waals surface area contributed by atoms with Gasteiger partial charge in [-0.1, -0.05) is 18.2 Å². The number of carbonyl (C=O) groups excluding carboxylic acids is 3. The minimum atomic E-state index is -0.759. The highest BCUT2D eigenvalue weighted by molar-refractivity contribution is 5.96. The number of hydrogen-bond donors (Lipinski definition) is 1. The summed E-state index contributed by atoms with van der Waals surface area (Å²) in [6.45, 7) is 0.969. The minimum absolute atomic E-state index is 0.0755. The van der Waals surface area contributed by atoms with Gasteiger partial charge in [-0.2, -0.15) is 0 Å². The van der Waals surface area contributed by atoms with E-state index in [0.29, 0.717) is 11.3 Å². The Labute approximate surface area is 144 Å². The number of amides is 1. The van der Waals surface area contributed by atoms with Crippen molar-refractivity contribution in [3.8, 4) is 0 Å². The highest BCUT2D eigenvalue weighted by atomic mass is 19.1. The van der Waals surface area contributed by atoms with Crippen LogP contribution in [0.5, 0.6) is 0 Å². The van der Waals surface area contributed by atoms with E-state index < -0.39 is 24.3 Å². The normalized spacial score (nSPS) is 10.5. The van der Waals surface area contributed by atoms with Crippen LogP contribution in [-0.4, -0.2) is 24.3 Å². The summed E-state index contributed by atoms with van der Waals surface area (Å²) >= 11 is 0. The van der Waals surface area contributed by atoms with Crippen molar-refractivity contribution in [2.75, 3.05) is 11.9 Å². The van der Waals surface area contributed by atoms with Crippen molar-refractivity contribution in [1.29, 1.82) is 0 Å². The smallest absolute Gasteiger partial charge is 0.331 e. The molecule has 0 saturated carbocycles. The summed E-state index contributed by atoms with van der Waals surface area (Å²) in [4.78, 5) is 34.4. The fraction of sp³-hybridized carbons (Fsp3) is 0.105. The Morgan fingerprint density at radius 1 is 1.08 bits per heavy atom. The van der Waals surface area contributed by atoms with E-state index in [0.717, 1.165) is 6.08 Å². The van der Waals surface area contributed by atoms with E-state index in [1.807, 2.05) is 0 Å². The van der Waals surface area contributed by atoms with Crippen LogP contribution in [0.15, 0.2) is 54.6 Å². The van der Waals surface area contributed by atoms with Crippen LogP contribution in [0.1, 0.15) is 22.8 Å². The molecular weight excluding hydrogens is 325 g/mol. The van der Waals surface area contributed by atoms with Gasteiger partial charge in [-0.3, -0.25) is 9.59 Å². The van der Waals surface area contributed by atoms with Crippen molar-refractivity contribution in [2.45, 2.75) is 6.92 Å². The maximum absolute atomic E-state index is 13.4. The summed E-state index contributed by atoms with van der Waals surface area (Å²) in [5.74, 6) is -1.82. The molecule has 2 aromatic rings. The van der Waals surface area contributed by atoms with Gasteiger partial charge >= 0.3 is 5.97 Å². The number of benzene rings is 2. The Bertz CT molecular complexity index is 812. The van der Waals surface area contributed by atoms with Gasteiger partial charge < -0.3 is 10.1 Å². The number of nitrogens with one attached hydrogen (secondary N) is 1. The first-order valence-corrected chi connectivity index (χ1v) is 7.46. The number of esters is 1. The molecule has 0 aromatic heterocycles. The molecule has 5 nitrogen and oxygen atoms in total. The largest absolute Gasteiger partial charge is 0.452 e. The Balaban J connectivity index is 1.82. The second-order valence-corrected chi connectivity index (χ2v) is 5.14. The average Bonchev–Trinajstić information content (AvgIpc) is 2.59. The van der Waals surface area contributed by atoms with Crippen LogP contribution < -0.4 is 5.32 Å². The summed E-state index contributed by atoms with van der Waals surface area (Å²) < 4.78 is 18.2. The molecule has 0 fully saturated rings. The molecule has 1 amide bonds. The molecule has 6 heteroatoms. The van der Waals surface area contributed by atoms with Crippen LogP contribution in [-0.2, 0) is 14.3 Å². The van der Waals surface area contributed by atoms with Crippen LogP contribution in [0.4, 0.5) is 10.1 Å². The molecule has 0 bridgehead atoms. The van der Waals surface area contributed by atoms with Crippen LogP contribution in [0.3, 0.4) is 0 Å². The molecule has 0 unspecified atom stereocenters. The van der Waals surface area contributed by atoms with Crippen molar-refractivity contribution >= 4 is 29.4 Å². The highest BCUT2D eigenvalue weighted by Gasteiger charge is 2.07. The third-order valence-corrected chi connectivity index (χ3v) is 3.22. The van der Waals surface area contributed by atoms with Gasteiger partial charge in [0.25, 0.3) is 5.91 Å². The number of carbonyl (C=O) groups is 3. The van der Waals surface area contributed by atoms with Gasteiger partial charge in [-0.15, -0.1) is 0 Å². The number of rotatable bonds is 6. The van der Waals surface area contributed by atoms with Gasteiger partial charge in [0.2, 0.25) is 0 Å². The van der Waals surface area contributed by atoms with E-state index in [1.54, 1.807) is 30.3 Å². The number of ketones is 1. The Morgan fingerprint density at radius 3 is 2.40 bits per heavy atom. The van der Waals surface area contributed by atoms with Crippen LogP contribution in [0.2, 0.25) is 0 Å². The zero-order valence-electron chi connectivity index (χ0n) is 13.5. The second kappa shape index (κ2) is 8.54. The Morgan fingerprint density at radius 2 is 1.76 bits per heavy atom. The number of anilines is 1. The molecular formula is C19H16FNO4. The maximum atomic E-state index is 13.4. The molecule has 0 aliphatic heterocycles. The molecule has 0 heterocycles. The van der Waals surface area contributed by atoms with Crippen molar-refractivity contribution in [3.63, 3.8) is 0 Å². The predicted octanol–water partition coefficient (Wildman–Crippen LogP) is 3.22. The zero-order chi connectivity index (χ0) is 18.2. The van der Waals surface area contributed by atoms with Crippen LogP contribution >= 0.6 is 0 Å². The average molecular weight is 341 g/mol. The molecule has 1 N–H and O–H groups in total. The van der Waals surface area contributed by atoms with Crippen molar-refractivity contribution in [3.05, 3.63) is 71.6 Å². The molecule has 0 aliphatic carbocycles. The summed E-state index contributed by atoms with van der Waals surface area (Å²) in [7, 11) is 0. The first-order chi connectivity index (χ1) is 12.0. The molecule has 0 saturated heterocycles. The highest BCUT2D eigenvalue weighted by Crippen LogP contribution is 2.10. The van der Waals surface area contributed by atoms with E-state index in [9.17, 15) is 18.8 Å². The summed E-state index contributed by atoms with van der Waals surface area (Å²) in [5, 5.41) is 2.53. The fourth-order valence-electron chi connectivity index (χ4n) is 1.94. The Kier molecular flexibility index (Phi) is 6.17. The van der Waals surface area contributed by atoms with E-state index in [2.05, 4.69) is 5.32 Å². The molecule has 0 atom stereocenters. The van der Waals surface area contributed by atoms with E-state index in [4.69, 9.17) is 4.74 Å². The van der Waals surface area contributed by atoms with E-state index >= 15 is 0 Å². The molecule has 25 heavy (non-hydrogen) atoms. The van der Waals surface area contributed by atoms with E-state index in [1.165, 1.54) is 31.2 Å². The summed E-state index contributed by atoms with van der Waals surface area (Å²) in [5.41, 5.74) is 1.25. The van der Waals surface area contributed by atoms with Gasteiger partial charge in [0.15, 0.2) is 12.4 Å². The number of ether oxygens (including phenoxy) is 1. The lowest BCUT2D eigenvalue weighted by molar-refractivity contribution is -0.142. The number of hydrogen-bond acceptors (Lipinski definition) is 4. The molecule has 0 aliphatic rings. The van der Waals surface area contributed by atoms with Crippen molar-refractivity contribution in [1.82, 2.24) is 0 Å². The number of halogens is 1. The third kappa shape index (κ3) is 5.69. The lowest BCUT2D eigenvalue weighted by atomic mass is 10.1. The van der Waals surface area contributed by atoms with Gasteiger partial charge in [0.1, 0.15) is 5.82 Å². The zero-order valence-corrected chi connectivity index (χ0v) is 13.5. The predicted molar refractivity (Wildman–Crippen MR) is 91.5 cm³/mol. The minimum Gasteiger partial charge on any atom is -0.452 e. The van der Waals surface area contributed by atoms with Gasteiger partial charge in [0.05, 0.1) is 0 Å². The summed E-state index contributed by atoms with van der Waals surface area (Å²) in [6, 6.07) is 12.3. The second-order valence-electron chi connectivity index (χ2n) is 5.14. The maximum Gasteiger partial charge on any atom is 0.331 e. The lowest BCUT2D eigenvalue weighted by Gasteiger charge is -2.06. The lowest BCUT2D eigenvalue weighted by Crippen LogP contribution is -2.20. The molecule has 0 spiro atoms. The topological polar surface area (TPSA) is 72.5 Å². The molecule has 0 radical (unpaired) electrons. The third-order valence-electron chi connectivity index (χ3n) is 3.22. The van der Waals surface area contributed by atoms with Gasteiger partial charge in [0, 0.05) is 22.9 Å². The van der Waals surface area contributed by atoms with Crippen molar-refractivity contribution < 1.29 is 23.5 Å². The summed E-state index contributed by atoms with van der Waals surface area (Å²) in [6.07, 6.45) is 2.32. The van der Waals surface area contributed by atoms with Gasteiger partial charge in [-0.05, 0) is 43.3 Å². The van der Waals surface area contributed by atoms with Crippen LogP contribution in [0.25, 0.3) is 6.08 Å². The monoisotopic (exact) mass is 341 g/mol. The molecule has 128 valence electrons.